The zero-order chi connectivity index (χ0) is 29.9. The summed E-state index contributed by atoms with van der Waals surface area (Å²) < 4.78 is 11.1. The van der Waals surface area contributed by atoms with E-state index in [4.69, 9.17) is 8.83 Å². The van der Waals surface area contributed by atoms with Crippen LogP contribution in [0.1, 0.15) is 60.7 Å². The number of benzene rings is 4. The van der Waals surface area contributed by atoms with Crippen molar-refractivity contribution in [2.24, 2.45) is 0 Å². The highest BCUT2D eigenvalue weighted by Crippen LogP contribution is 2.37. The van der Waals surface area contributed by atoms with E-state index in [1.807, 2.05) is 36.4 Å². The quantitative estimate of drug-likeness (QED) is 0.160. The van der Waals surface area contributed by atoms with Gasteiger partial charge in [-0.05, 0) is 79.5 Å². The predicted molar refractivity (Wildman–Crippen MR) is 165 cm³/mol. The minimum Gasteiger partial charge on any atom is -0.464 e. The largest absolute Gasteiger partial charge is 0.464 e. The van der Waals surface area contributed by atoms with Crippen LogP contribution in [0.4, 0.5) is 0 Å². The van der Waals surface area contributed by atoms with Crippen LogP contribution in [0.15, 0.2) is 82.0 Å². The Hall–Kier alpha value is -5.28. The molecule has 4 amide bonds. The first-order valence-corrected chi connectivity index (χ1v) is 14.8. The molecule has 4 heterocycles. The summed E-state index contributed by atoms with van der Waals surface area (Å²) in [6, 6.07) is 18.2. The van der Waals surface area contributed by atoms with Crippen molar-refractivity contribution in [2.75, 3.05) is 26.2 Å². The van der Waals surface area contributed by atoms with Crippen molar-refractivity contribution >= 4 is 67.1 Å². The zero-order valence-electron chi connectivity index (χ0n) is 23.7. The summed E-state index contributed by atoms with van der Waals surface area (Å²) in [5.74, 6) is -1.16. The van der Waals surface area contributed by atoms with Crippen molar-refractivity contribution < 1.29 is 28.0 Å². The third kappa shape index (κ3) is 3.89. The minimum absolute atomic E-state index is 0.273. The second-order valence-electron chi connectivity index (χ2n) is 11.3. The molecule has 1 N–H and O–H groups in total. The van der Waals surface area contributed by atoms with Crippen molar-refractivity contribution in [1.29, 1.82) is 0 Å². The van der Waals surface area contributed by atoms with Gasteiger partial charge < -0.3 is 14.2 Å². The Morgan fingerprint density at radius 2 is 1.00 bits per heavy atom. The fraction of sp³-hybridized carbons (Fsp3) is 0.200. The fourth-order valence-corrected chi connectivity index (χ4v) is 6.72. The van der Waals surface area contributed by atoms with Crippen LogP contribution in [-0.2, 0) is 0 Å². The van der Waals surface area contributed by atoms with Gasteiger partial charge in [-0.15, -0.1) is 0 Å². The van der Waals surface area contributed by atoms with Crippen molar-refractivity contribution in [3.8, 4) is 0 Å². The first-order chi connectivity index (χ1) is 21.5. The lowest BCUT2D eigenvalue weighted by Gasteiger charge is -2.27. The molecule has 2 aliphatic heterocycles. The first kappa shape index (κ1) is 26.4. The van der Waals surface area contributed by atoms with Gasteiger partial charge in [0.1, 0.15) is 11.2 Å². The Balaban J connectivity index is 0.858. The van der Waals surface area contributed by atoms with Gasteiger partial charge in [0.25, 0.3) is 23.6 Å². The molecular weight excluding hydrogens is 558 g/mol. The van der Waals surface area contributed by atoms with Gasteiger partial charge in [0, 0.05) is 45.8 Å². The van der Waals surface area contributed by atoms with Gasteiger partial charge in [0.05, 0.1) is 23.7 Å². The van der Waals surface area contributed by atoms with Gasteiger partial charge in [0.2, 0.25) is 0 Å². The van der Waals surface area contributed by atoms with E-state index in [2.05, 4.69) is 5.32 Å². The Morgan fingerprint density at radius 1 is 0.523 bits per heavy atom. The highest BCUT2D eigenvalue weighted by Gasteiger charge is 2.34. The van der Waals surface area contributed by atoms with E-state index in [9.17, 15) is 19.2 Å². The van der Waals surface area contributed by atoms with E-state index < -0.39 is 0 Å². The molecule has 0 aliphatic carbocycles. The summed E-state index contributed by atoms with van der Waals surface area (Å²) in [4.78, 5) is 55.9. The predicted octanol–water partition coefficient (Wildman–Crippen LogP) is 6.14. The number of imide groups is 2. The van der Waals surface area contributed by atoms with Crippen LogP contribution >= 0.6 is 0 Å². The van der Waals surface area contributed by atoms with Gasteiger partial charge in [-0.1, -0.05) is 24.3 Å². The van der Waals surface area contributed by atoms with Crippen molar-refractivity contribution in [2.45, 2.75) is 19.3 Å². The van der Waals surface area contributed by atoms with Crippen LogP contribution in [0.3, 0.4) is 0 Å². The van der Waals surface area contributed by atoms with E-state index in [-0.39, 0.29) is 23.6 Å². The normalized spacial score (nSPS) is 14.7. The second kappa shape index (κ2) is 10.2. The molecule has 0 fully saturated rings. The molecule has 9 heteroatoms. The SMILES string of the molecule is O=C1c2cccc3c2c(cc2occc23)C(=O)N1CCCCNCCCN1C(=O)c2cccc3c2c(cc2occc23)C1=O. The highest BCUT2D eigenvalue weighted by molar-refractivity contribution is 6.30. The van der Waals surface area contributed by atoms with E-state index in [1.54, 1.807) is 36.8 Å². The number of hydrogen-bond donors (Lipinski definition) is 1. The molecule has 4 aromatic carbocycles. The maximum absolute atomic E-state index is 13.4. The Labute approximate surface area is 251 Å². The highest BCUT2D eigenvalue weighted by atomic mass is 16.3. The summed E-state index contributed by atoms with van der Waals surface area (Å²) in [6.45, 7) is 1.90. The van der Waals surface area contributed by atoms with Crippen molar-refractivity contribution in [3.05, 3.63) is 95.4 Å². The van der Waals surface area contributed by atoms with Crippen LogP contribution in [0.5, 0.6) is 0 Å². The number of carbonyl (C=O) groups excluding carboxylic acids is 4. The van der Waals surface area contributed by atoms with Gasteiger partial charge in [0.15, 0.2) is 0 Å². The lowest BCUT2D eigenvalue weighted by Crippen LogP contribution is -2.41. The van der Waals surface area contributed by atoms with Crippen molar-refractivity contribution in [1.82, 2.24) is 15.1 Å². The maximum Gasteiger partial charge on any atom is 0.261 e. The van der Waals surface area contributed by atoms with Gasteiger partial charge in [-0.25, -0.2) is 0 Å². The number of unbranched alkanes of at least 4 members (excludes halogenated alkanes) is 1. The summed E-state index contributed by atoms with van der Waals surface area (Å²) >= 11 is 0. The third-order valence-electron chi connectivity index (χ3n) is 8.81. The maximum atomic E-state index is 13.4. The van der Waals surface area contributed by atoms with Crippen LogP contribution in [0, 0.1) is 0 Å². The third-order valence-corrected chi connectivity index (χ3v) is 8.81. The molecule has 0 unspecified atom stereocenters. The molecule has 0 saturated heterocycles. The lowest BCUT2D eigenvalue weighted by molar-refractivity contribution is 0.0591. The first-order valence-electron chi connectivity index (χ1n) is 14.8. The molecule has 218 valence electrons. The zero-order valence-corrected chi connectivity index (χ0v) is 23.7. The molecule has 2 aliphatic rings. The molecule has 0 bridgehead atoms. The van der Waals surface area contributed by atoms with Crippen LogP contribution in [0.25, 0.3) is 43.5 Å². The number of hydrogen-bond acceptors (Lipinski definition) is 7. The number of nitrogens with one attached hydrogen (secondary N) is 1. The lowest BCUT2D eigenvalue weighted by atomic mass is 9.92. The van der Waals surface area contributed by atoms with E-state index in [0.29, 0.717) is 83.2 Å². The van der Waals surface area contributed by atoms with E-state index >= 15 is 0 Å². The summed E-state index contributed by atoms with van der Waals surface area (Å²) in [7, 11) is 0. The Kier molecular flexibility index (Phi) is 6.09. The molecule has 0 saturated carbocycles. The molecule has 8 rings (SSSR count). The Morgan fingerprint density at radius 3 is 1.55 bits per heavy atom. The van der Waals surface area contributed by atoms with E-state index in [1.165, 1.54) is 9.80 Å². The fourth-order valence-electron chi connectivity index (χ4n) is 6.72. The smallest absolute Gasteiger partial charge is 0.261 e. The summed E-state index contributed by atoms with van der Waals surface area (Å²) in [5.41, 5.74) is 3.29. The number of carbonyl (C=O) groups is 4. The van der Waals surface area contributed by atoms with Crippen molar-refractivity contribution in [3.63, 3.8) is 0 Å². The molecule has 6 aromatic rings. The molecule has 0 radical (unpaired) electrons. The minimum atomic E-state index is -0.307. The van der Waals surface area contributed by atoms with E-state index in [0.717, 1.165) is 28.0 Å². The van der Waals surface area contributed by atoms with Crippen LogP contribution in [-0.4, -0.2) is 59.6 Å². The molecule has 0 spiro atoms. The number of furan rings is 2. The van der Waals surface area contributed by atoms with Crippen LogP contribution < -0.4 is 5.32 Å². The Bertz CT molecular complexity index is 2040. The van der Waals surface area contributed by atoms with Gasteiger partial charge >= 0.3 is 0 Å². The summed E-state index contributed by atoms with van der Waals surface area (Å²) in [5, 5.41) is 8.19. The second-order valence-corrected chi connectivity index (χ2v) is 11.3. The average molecular weight is 586 g/mol. The number of nitrogens with zero attached hydrogens (tertiary/aromatic N) is 2. The van der Waals surface area contributed by atoms with Gasteiger partial charge in [-0.2, -0.15) is 0 Å². The molecular formula is C35H27N3O6. The number of fused-ring (bicyclic) bond motifs is 4. The standard InChI is InChI=1S/C35H27N3O6/c39-32-24-8-3-6-22-20-10-16-43-28(20)18-26(30(22)24)34(41)37(32)14-2-1-12-36-13-5-15-38-33(40)25-9-4-7-23-21-11-17-44-29(21)19-27(31(23)25)35(38)42/h3-4,6-11,16-19,36H,1-2,5,12-15H2. The molecule has 9 nitrogen and oxygen atoms in total. The number of amides is 4. The summed E-state index contributed by atoms with van der Waals surface area (Å²) in [6.07, 6.45) is 5.17. The van der Waals surface area contributed by atoms with Crippen LogP contribution in [0.2, 0.25) is 0 Å². The topological polar surface area (TPSA) is 113 Å². The monoisotopic (exact) mass is 585 g/mol. The molecule has 0 atom stereocenters. The molecule has 44 heavy (non-hydrogen) atoms. The molecule has 2 aromatic heterocycles. The average Bonchev–Trinajstić information content (AvgIpc) is 3.72. The number of rotatable bonds is 9. The van der Waals surface area contributed by atoms with Gasteiger partial charge in [-0.3, -0.25) is 29.0 Å².